The van der Waals surface area contributed by atoms with Gasteiger partial charge < -0.3 is 14.7 Å². The molecule has 2 aromatic rings. The van der Waals surface area contributed by atoms with E-state index in [4.69, 9.17) is 4.74 Å². The number of hydrogen-bond donors (Lipinski definition) is 1. The van der Waals surface area contributed by atoms with Crippen LogP contribution in [0.25, 0.3) is 0 Å². The summed E-state index contributed by atoms with van der Waals surface area (Å²) in [6.07, 6.45) is 9.66. The summed E-state index contributed by atoms with van der Waals surface area (Å²) in [6, 6.07) is 12.9. The second kappa shape index (κ2) is 12.0. The Hall–Kier alpha value is -1.95. The Morgan fingerprint density at radius 1 is 1.07 bits per heavy atom. The summed E-state index contributed by atoms with van der Waals surface area (Å²) in [5, 5.41) is 10.5. The number of aliphatic hydroxyl groups is 1. The molecule has 1 atom stereocenters. The van der Waals surface area contributed by atoms with E-state index in [2.05, 4.69) is 53.0 Å². The Kier molecular flexibility index (Phi) is 9.12. The van der Waals surface area contributed by atoms with E-state index in [1.165, 1.54) is 37.7 Å². The predicted octanol–water partition coefficient (Wildman–Crippen LogP) is 4.11. The van der Waals surface area contributed by atoms with Gasteiger partial charge in [0.25, 0.3) is 0 Å². The zero-order valence-corrected chi connectivity index (χ0v) is 18.5. The molecule has 1 aliphatic rings. The van der Waals surface area contributed by atoms with Crippen molar-refractivity contribution in [3.8, 4) is 5.75 Å². The Labute approximate surface area is 181 Å². The van der Waals surface area contributed by atoms with Crippen LogP contribution in [0.15, 0.2) is 48.8 Å². The molecule has 1 saturated carbocycles. The van der Waals surface area contributed by atoms with Crippen LogP contribution in [-0.2, 0) is 13.1 Å². The largest absolute Gasteiger partial charge is 0.491 e. The van der Waals surface area contributed by atoms with E-state index in [0.717, 1.165) is 30.9 Å². The van der Waals surface area contributed by atoms with Gasteiger partial charge in [0.2, 0.25) is 0 Å². The van der Waals surface area contributed by atoms with Gasteiger partial charge in [-0.2, -0.15) is 0 Å². The van der Waals surface area contributed by atoms with Gasteiger partial charge in [-0.05, 0) is 50.2 Å². The second-order valence-corrected chi connectivity index (χ2v) is 8.46. The SMILES string of the molecule is CCN(Cc1ccncc1)Cc1ccccc1OCC(O)CN(C)C1CCCCC1. The van der Waals surface area contributed by atoms with Crippen molar-refractivity contribution in [2.45, 2.75) is 64.3 Å². The topological polar surface area (TPSA) is 48.8 Å². The highest BCUT2D eigenvalue weighted by atomic mass is 16.5. The molecule has 164 valence electrons. The Morgan fingerprint density at radius 3 is 2.53 bits per heavy atom. The molecule has 1 aliphatic carbocycles. The molecule has 1 heterocycles. The smallest absolute Gasteiger partial charge is 0.123 e. The zero-order valence-electron chi connectivity index (χ0n) is 18.5. The van der Waals surface area contributed by atoms with Gasteiger partial charge in [0.15, 0.2) is 0 Å². The van der Waals surface area contributed by atoms with Gasteiger partial charge >= 0.3 is 0 Å². The van der Waals surface area contributed by atoms with E-state index in [0.29, 0.717) is 19.2 Å². The lowest BCUT2D eigenvalue weighted by atomic mass is 9.94. The van der Waals surface area contributed by atoms with Crippen molar-refractivity contribution in [3.63, 3.8) is 0 Å². The zero-order chi connectivity index (χ0) is 21.2. The van der Waals surface area contributed by atoms with Gasteiger partial charge in [-0.3, -0.25) is 9.88 Å². The van der Waals surface area contributed by atoms with E-state index < -0.39 is 6.10 Å². The maximum atomic E-state index is 10.5. The summed E-state index contributed by atoms with van der Waals surface area (Å²) in [5.74, 6) is 0.866. The van der Waals surface area contributed by atoms with Crippen molar-refractivity contribution in [1.82, 2.24) is 14.8 Å². The van der Waals surface area contributed by atoms with Crippen LogP contribution in [0.3, 0.4) is 0 Å². The number of ether oxygens (including phenoxy) is 1. The van der Waals surface area contributed by atoms with E-state index in [-0.39, 0.29) is 0 Å². The van der Waals surface area contributed by atoms with Crippen LogP contribution in [0.1, 0.15) is 50.2 Å². The Bertz CT molecular complexity index is 734. The first-order chi connectivity index (χ1) is 14.7. The van der Waals surface area contributed by atoms with E-state index in [1.54, 1.807) is 0 Å². The van der Waals surface area contributed by atoms with Crippen LogP contribution < -0.4 is 4.74 Å². The molecule has 0 bridgehead atoms. The molecule has 1 unspecified atom stereocenters. The minimum atomic E-state index is -0.482. The van der Waals surface area contributed by atoms with Crippen molar-refractivity contribution in [1.29, 1.82) is 0 Å². The molecule has 0 radical (unpaired) electrons. The highest BCUT2D eigenvalue weighted by Crippen LogP contribution is 2.23. The first-order valence-electron chi connectivity index (χ1n) is 11.4. The molecule has 1 aromatic heterocycles. The summed E-state index contributed by atoms with van der Waals surface area (Å²) < 4.78 is 6.07. The number of benzene rings is 1. The fraction of sp³-hybridized carbons (Fsp3) is 0.560. The van der Waals surface area contributed by atoms with Crippen LogP contribution in [-0.4, -0.2) is 58.8 Å². The van der Waals surface area contributed by atoms with Gasteiger partial charge in [-0.15, -0.1) is 0 Å². The molecule has 5 heteroatoms. The van der Waals surface area contributed by atoms with Gasteiger partial charge in [0, 0.05) is 43.6 Å². The van der Waals surface area contributed by atoms with Crippen molar-refractivity contribution in [2.75, 3.05) is 26.7 Å². The average Bonchev–Trinajstić information content (AvgIpc) is 2.79. The Morgan fingerprint density at radius 2 is 1.80 bits per heavy atom. The normalized spacial score (nSPS) is 16.2. The summed E-state index contributed by atoms with van der Waals surface area (Å²) >= 11 is 0. The standard InChI is InChI=1S/C25H37N3O2/c1-3-28(17-21-13-15-26-16-14-21)18-22-9-7-8-12-25(22)30-20-24(29)19-27(2)23-10-5-4-6-11-23/h7-9,12-16,23-24,29H,3-6,10-11,17-20H2,1-2H3. The number of pyridine rings is 1. The fourth-order valence-electron chi connectivity index (χ4n) is 4.28. The predicted molar refractivity (Wildman–Crippen MR) is 121 cm³/mol. The van der Waals surface area contributed by atoms with Crippen molar-refractivity contribution in [3.05, 3.63) is 59.9 Å². The van der Waals surface area contributed by atoms with Crippen LogP contribution in [0.5, 0.6) is 5.75 Å². The average molecular weight is 412 g/mol. The quantitative estimate of drug-likeness (QED) is 0.603. The Balaban J connectivity index is 1.52. The number of para-hydroxylation sites is 1. The monoisotopic (exact) mass is 411 g/mol. The molecule has 0 saturated heterocycles. The van der Waals surface area contributed by atoms with E-state index in [9.17, 15) is 5.11 Å². The molecule has 0 aliphatic heterocycles. The molecular weight excluding hydrogens is 374 g/mol. The highest BCUT2D eigenvalue weighted by molar-refractivity contribution is 5.33. The molecule has 30 heavy (non-hydrogen) atoms. The lowest BCUT2D eigenvalue weighted by Gasteiger charge is -2.32. The van der Waals surface area contributed by atoms with E-state index >= 15 is 0 Å². The van der Waals surface area contributed by atoms with Gasteiger partial charge in [-0.1, -0.05) is 44.4 Å². The first-order valence-corrected chi connectivity index (χ1v) is 11.4. The number of hydrogen-bond acceptors (Lipinski definition) is 5. The molecule has 0 spiro atoms. The van der Waals surface area contributed by atoms with Crippen LogP contribution in [0, 0.1) is 0 Å². The van der Waals surface area contributed by atoms with Crippen molar-refractivity contribution < 1.29 is 9.84 Å². The molecule has 5 nitrogen and oxygen atoms in total. The molecule has 3 rings (SSSR count). The number of likely N-dealkylation sites (N-methyl/N-ethyl adjacent to an activating group) is 1. The van der Waals surface area contributed by atoms with Crippen LogP contribution in [0.2, 0.25) is 0 Å². The maximum Gasteiger partial charge on any atom is 0.123 e. The van der Waals surface area contributed by atoms with E-state index in [1.807, 2.05) is 24.5 Å². The summed E-state index contributed by atoms with van der Waals surface area (Å²) in [6.45, 7) is 5.80. The van der Waals surface area contributed by atoms with Crippen LogP contribution in [0.4, 0.5) is 0 Å². The summed E-state index contributed by atoms with van der Waals surface area (Å²) in [4.78, 5) is 8.79. The van der Waals surface area contributed by atoms with Crippen molar-refractivity contribution in [2.24, 2.45) is 0 Å². The lowest BCUT2D eigenvalue weighted by Crippen LogP contribution is -2.40. The first kappa shape index (κ1) is 22.7. The molecule has 1 fully saturated rings. The highest BCUT2D eigenvalue weighted by Gasteiger charge is 2.20. The number of nitrogens with zero attached hydrogens (tertiary/aromatic N) is 3. The third kappa shape index (κ3) is 7.08. The van der Waals surface area contributed by atoms with Gasteiger partial charge in [0.1, 0.15) is 18.5 Å². The second-order valence-electron chi connectivity index (χ2n) is 8.46. The molecule has 1 N–H and O–H groups in total. The fourth-order valence-corrected chi connectivity index (χ4v) is 4.28. The number of aliphatic hydroxyl groups excluding tert-OH is 1. The van der Waals surface area contributed by atoms with Crippen molar-refractivity contribution >= 4 is 0 Å². The molecule has 0 amide bonds. The molecule has 1 aromatic carbocycles. The minimum absolute atomic E-state index is 0.324. The number of aromatic nitrogens is 1. The summed E-state index contributed by atoms with van der Waals surface area (Å²) in [5.41, 5.74) is 2.41. The third-order valence-corrected chi connectivity index (χ3v) is 6.10. The number of rotatable bonds is 11. The van der Waals surface area contributed by atoms with Gasteiger partial charge in [-0.25, -0.2) is 0 Å². The lowest BCUT2D eigenvalue weighted by molar-refractivity contribution is 0.0556. The van der Waals surface area contributed by atoms with Crippen LogP contribution >= 0.6 is 0 Å². The summed E-state index contributed by atoms with van der Waals surface area (Å²) in [7, 11) is 2.13. The minimum Gasteiger partial charge on any atom is -0.491 e. The van der Waals surface area contributed by atoms with Gasteiger partial charge in [0.05, 0.1) is 0 Å². The third-order valence-electron chi connectivity index (χ3n) is 6.10. The molecular formula is C25H37N3O2. The maximum absolute atomic E-state index is 10.5.